The Morgan fingerprint density at radius 2 is 2.13 bits per heavy atom. The smallest absolute Gasteiger partial charge is 0.165 e. The fourth-order valence-electron chi connectivity index (χ4n) is 1.55. The molecule has 0 spiro atoms. The van der Waals surface area contributed by atoms with Crippen molar-refractivity contribution < 1.29 is 9.13 Å². The van der Waals surface area contributed by atoms with Gasteiger partial charge in [-0.2, -0.15) is 0 Å². The third kappa shape index (κ3) is 2.69. The summed E-state index contributed by atoms with van der Waals surface area (Å²) in [4.78, 5) is 0. The van der Waals surface area contributed by atoms with Gasteiger partial charge in [-0.3, -0.25) is 0 Å². The van der Waals surface area contributed by atoms with Gasteiger partial charge in [0.25, 0.3) is 0 Å². The van der Waals surface area contributed by atoms with Crippen LogP contribution < -0.4 is 10.5 Å². The van der Waals surface area contributed by atoms with Gasteiger partial charge in [0.15, 0.2) is 11.6 Å². The van der Waals surface area contributed by atoms with Crippen molar-refractivity contribution in [1.82, 2.24) is 0 Å². The van der Waals surface area contributed by atoms with Gasteiger partial charge in [0.2, 0.25) is 0 Å². The Labute approximate surface area is 90.2 Å². The molecular formula is C12H18FNO. The number of nitrogens with two attached hydrogens (primary N) is 1. The predicted molar refractivity (Wildman–Crippen MR) is 59.8 cm³/mol. The van der Waals surface area contributed by atoms with E-state index in [0.717, 1.165) is 11.1 Å². The Morgan fingerprint density at radius 3 is 2.67 bits per heavy atom. The summed E-state index contributed by atoms with van der Waals surface area (Å²) in [5, 5.41) is 0. The van der Waals surface area contributed by atoms with Gasteiger partial charge in [0.1, 0.15) is 0 Å². The molecular weight excluding hydrogens is 193 g/mol. The maximum Gasteiger partial charge on any atom is 0.165 e. The number of halogens is 1. The van der Waals surface area contributed by atoms with Crippen molar-refractivity contribution >= 4 is 0 Å². The molecule has 0 fully saturated rings. The van der Waals surface area contributed by atoms with Gasteiger partial charge >= 0.3 is 0 Å². The maximum atomic E-state index is 13.6. The number of hydrogen-bond acceptors (Lipinski definition) is 2. The van der Waals surface area contributed by atoms with Gasteiger partial charge in [-0.1, -0.05) is 13.0 Å². The van der Waals surface area contributed by atoms with Crippen molar-refractivity contribution in [3.8, 4) is 5.75 Å². The Morgan fingerprint density at radius 1 is 1.47 bits per heavy atom. The minimum atomic E-state index is -0.299. The van der Waals surface area contributed by atoms with Crippen LogP contribution >= 0.6 is 0 Å². The van der Waals surface area contributed by atoms with Crippen LogP contribution in [0.5, 0.6) is 5.75 Å². The molecule has 0 aromatic heterocycles. The van der Waals surface area contributed by atoms with Crippen molar-refractivity contribution in [3.05, 3.63) is 29.1 Å². The molecule has 0 saturated heterocycles. The first-order chi connectivity index (χ1) is 7.10. The van der Waals surface area contributed by atoms with Crippen molar-refractivity contribution in [3.63, 3.8) is 0 Å². The summed E-state index contributed by atoms with van der Waals surface area (Å²) in [6.45, 7) is 6.63. The number of aryl methyl sites for hydroxylation is 1. The molecule has 2 nitrogen and oxygen atoms in total. The lowest BCUT2D eigenvalue weighted by molar-refractivity contribution is 0.316. The van der Waals surface area contributed by atoms with E-state index in [1.165, 1.54) is 6.07 Å². The van der Waals surface area contributed by atoms with Crippen molar-refractivity contribution in [1.29, 1.82) is 0 Å². The van der Waals surface area contributed by atoms with Crippen LogP contribution in [0, 0.1) is 12.7 Å². The van der Waals surface area contributed by atoms with Crippen LogP contribution in [0.1, 0.15) is 30.9 Å². The van der Waals surface area contributed by atoms with E-state index < -0.39 is 0 Å². The molecule has 2 N–H and O–H groups in total. The number of rotatable bonds is 4. The zero-order valence-electron chi connectivity index (χ0n) is 9.51. The molecule has 0 heterocycles. The van der Waals surface area contributed by atoms with E-state index in [1.54, 1.807) is 0 Å². The highest BCUT2D eigenvalue weighted by Crippen LogP contribution is 2.30. The van der Waals surface area contributed by atoms with E-state index in [9.17, 15) is 4.39 Å². The van der Waals surface area contributed by atoms with Crippen molar-refractivity contribution in [2.45, 2.75) is 26.7 Å². The lowest BCUT2D eigenvalue weighted by Gasteiger charge is -2.16. The van der Waals surface area contributed by atoms with E-state index >= 15 is 0 Å². The summed E-state index contributed by atoms with van der Waals surface area (Å²) in [7, 11) is 0. The van der Waals surface area contributed by atoms with Gasteiger partial charge in [0, 0.05) is 5.56 Å². The first kappa shape index (κ1) is 12.0. The van der Waals surface area contributed by atoms with E-state index in [2.05, 4.69) is 0 Å². The molecule has 0 saturated carbocycles. The molecule has 0 radical (unpaired) electrons. The highest BCUT2D eigenvalue weighted by atomic mass is 19.1. The minimum Gasteiger partial charge on any atom is -0.491 e. The Kier molecular flexibility index (Phi) is 4.09. The van der Waals surface area contributed by atoms with Gasteiger partial charge in [0.05, 0.1) is 6.61 Å². The van der Waals surface area contributed by atoms with Crippen LogP contribution in [0.2, 0.25) is 0 Å². The van der Waals surface area contributed by atoms with E-state index in [-0.39, 0.29) is 11.7 Å². The van der Waals surface area contributed by atoms with Crippen LogP contribution in [-0.4, -0.2) is 13.2 Å². The van der Waals surface area contributed by atoms with Crippen LogP contribution in [0.15, 0.2) is 12.1 Å². The highest BCUT2D eigenvalue weighted by Gasteiger charge is 2.15. The van der Waals surface area contributed by atoms with Crippen molar-refractivity contribution in [2.75, 3.05) is 13.2 Å². The monoisotopic (exact) mass is 211 g/mol. The van der Waals surface area contributed by atoms with E-state index in [4.69, 9.17) is 10.5 Å². The largest absolute Gasteiger partial charge is 0.491 e. The third-order valence-electron chi connectivity index (χ3n) is 2.39. The second-order valence-electron chi connectivity index (χ2n) is 3.73. The number of ether oxygens (including phenoxy) is 1. The average molecular weight is 211 g/mol. The van der Waals surface area contributed by atoms with Crippen molar-refractivity contribution in [2.24, 2.45) is 5.73 Å². The summed E-state index contributed by atoms with van der Waals surface area (Å²) in [5.74, 6) is 0.161. The molecule has 1 rings (SSSR count). The van der Waals surface area contributed by atoms with E-state index in [0.29, 0.717) is 18.9 Å². The molecule has 0 bridgehead atoms. The summed E-state index contributed by atoms with van der Waals surface area (Å²) in [5.41, 5.74) is 7.34. The third-order valence-corrected chi connectivity index (χ3v) is 2.39. The molecule has 15 heavy (non-hydrogen) atoms. The highest BCUT2D eigenvalue weighted by molar-refractivity contribution is 5.40. The van der Waals surface area contributed by atoms with Gasteiger partial charge < -0.3 is 10.5 Å². The SMILES string of the molecule is CCOc1c(F)cc(C)cc1C(C)CN. The number of benzene rings is 1. The summed E-state index contributed by atoms with van der Waals surface area (Å²) in [6, 6.07) is 3.42. The second kappa shape index (κ2) is 5.12. The quantitative estimate of drug-likeness (QED) is 0.830. The summed E-state index contributed by atoms with van der Waals surface area (Å²) < 4.78 is 18.9. The second-order valence-corrected chi connectivity index (χ2v) is 3.73. The lowest BCUT2D eigenvalue weighted by Crippen LogP contribution is -2.11. The summed E-state index contributed by atoms with van der Waals surface area (Å²) >= 11 is 0. The van der Waals surface area contributed by atoms with Gasteiger partial charge in [-0.15, -0.1) is 0 Å². The fourth-order valence-corrected chi connectivity index (χ4v) is 1.55. The standard InChI is InChI=1S/C12H18FNO/c1-4-15-12-10(9(3)7-14)5-8(2)6-11(12)13/h5-6,9H,4,7,14H2,1-3H3. The first-order valence-electron chi connectivity index (χ1n) is 5.23. The minimum absolute atomic E-state index is 0.112. The van der Waals surface area contributed by atoms with Crippen LogP contribution in [0.3, 0.4) is 0 Å². The zero-order chi connectivity index (χ0) is 11.4. The fraction of sp³-hybridized carbons (Fsp3) is 0.500. The van der Waals surface area contributed by atoms with Crippen LogP contribution in [0.25, 0.3) is 0 Å². The molecule has 0 aliphatic carbocycles. The van der Waals surface area contributed by atoms with Gasteiger partial charge in [-0.25, -0.2) is 4.39 Å². The van der Waals surface area contributed by atoms with Crippen LogP contribution in [0.4, 0.5) is 4.39 Å². The normalized spacial score (nSPS) is 12.6. The lowest BCUT2D eigenvalue weighted by atomic mass is 9.98. The molecule has 3 heteroatoms. The zero-order valence-corrected chi connectivity index (χ0v) is 9.51. The molecule has 1 aromatic carbocycles. The topological polar surface area (TPSA) is 35.2 Å². The maximum absolute atomic E-state index is 13.6. The average Bonchev–Trinajstić information content (AvgIpc) is 2.20. The van der Waals surface area contributed by atoms with Gasteiger partial charge in [-0.05, 0) is 37.9 Å². The van der Waals surface area contributed by atoms with Crippen LogP contribution in [-0.2, 0) is 0 Å². The molecule has 84 valence electrons. The molecule has 1 aromatic rings. The number of hydrogen-bond donors (Lipinski definition) is 1. The molecule has 1 atom stereocenters. The predicted octanol–water partition coefficient (Wildman–Crippen LogP) is 2.60. The Balaban J connectivity index is 3.20. The molecule has 1 unspecified atom stereocenters. The first-order valence-corrected chi connectivity index (χ1v) is 5.23. The van der Waals surface area contributed by atoms with E-state index in [1.807, 2.05) is 26.8 Å². The molecule has 0 aliphatic heterocycles. The Bertz CT molecular complexity index is 339. The molecule has 0 aliphatic rings. The Hall–Kier alpha value is -1.09. The summed E-state index contributed by atoms with van der Waals surface area (Å²) in [6.07, 6.45) is 0. The molecule has 0 amide bonds.